The van der Waals surface area contributed by atoms with Gasteiger partial charge in [-0.05, 0) is 30.7 Å². The Labute approximate surface area is 94.2 Å². The van der Waals surface area contributed by atoms with Crippen molar-refractivity contribution in [2.45, 2.75) is 11.8 Å². The van der Waals surface area contributed by atoms with E-state index in [-0.39, 0.29) is 4.90 Å². The molecule has 0 saturated carbocycles. The molecule has 0 saturated heterocycles. The Morgan fingerprint density at radius 3 is 2.50 bits per heavy atom. The lowest BCUT2D eigenvalue weighted by molar-refractivity contribution is 0.146. The highest BCUT2D eigenvalue weighted by Crippen LogP contribution is 2.22. The molecular formula is C10H13FO4S. The monoisotopic (exact) mass is 248 g/mol. The molecule has 0 amide bonds. The van der Waals surface area contributed by atoms with Gasteiger partial charge < -0.3 is 9.47 Å². The third-order valence-electron chi connectivity index (χ3n) is 1.97. The van der Waals surface area contributed by atoms with Crippen LogP contribution in [0.15, 0.2) is 23.1 Å². The van der Waals surface area contributed by atoms with Crippen molar-refractivity contribution >= 4 is 10.2 Å². The highest BCUT2D eigenvalue weighted by atomic mass is 32.3. The minimum absolute atomic E-state index is 0.357. The van der Waals surface area contributed by atoms with Crippen LogP contribution in [0.1, 0.15) is 5.56 Å². The summed E-state index contributed by atoms with van der Waals surface area (Å²) in [5.41, 5.74) is 0.565. The molecule has 90 valence electrons. The average molecular weight is 248 g/mol. The lowest BCUT2D eigenvalue weighted by Crippen LogP contribution is -2.05. The van der Waals surface area contributed by atoms with Crippen LogP contribution in [0.2, 0.25) is 0 Å². The number of ether oxygens (including phenoxy) is 2. The zero-order valence-corrected chi connectivity index (χ0v) is 9.88. The summed E-state index contributed by atoms with van der Waals surface area (Å²) in [5, 5.41) is 0. The predicted octanol–water partition coefficient (Wildman–Crippen LogP) is 1.68. The van der Waals surface area contributed by atoms with Gasteiger partial charge in [0.1, 0.15) is 12.4 Å². The Kier molecular flexibility index (Phi) is 4.26. The van der Waals surface area contributed by atoms with Gasteiger partial charge in [0, 0.05) is 7.11 Å². The van der Waals surface area contributed by atoms with Crippen molar-refractivity contribution in [1.29, 1.82) is 0 Å². The molecule has 0 unspecified atom stereocenters. The van der Waals surface area contributed by atoms with Gasteiger partial charge in [-0.1, -0.05) is 0 Å². The normalized spacial score (nSPS) is 11.4. The summed E-state index contributed by atoms with van der Waals surface area (Å²) in [6.07, 6.45) is 0. The molecule has 0 radical (unpaired) electrons. The van der Waals surface area contributed by atoms with E-state index in [1.807, 2.05) is 0 Å². The number of benzene rings is 1. The van der Waals surface area contributed by atoms with Crippen molar-refractivity contribution in [2.75, 3.05) is 20.3 Å². The maximum absolute atomic E-state index is 12.7. The molecule has 0 heterocycles. The number of halogens is 1. The van der Waals surface area contributed by atoms with Crippen LogP contribution in [-0.4, -0.2) is 28.7 Å². The average Bonchev–Trinajstić information content (AvgIpc) is 2.19. The quantitative estimate of drug-likeness (QED) is 0.587. The van der Waals surface area contributed by atoms with Crippen molar-refractivity contribution in [3.8, 4) is 5.75 Å². The van der Waals surface area contributed by atoms with Crippen LogP contribution >= 0.6 is 0 Å². The second kappa shape index (κ2) is 5.27. The van der Waals surface area contributed by atoms with E-state index < -0.39 is 10.2 Å². The summed E-state index contributed by atoms with van der Waals surface area (Å²) in [4.78, 5) is -0.357. The molecule has 1 rings (SSSR count). The Hall–Kier alpha value is -1.14. The van der Waals surface area contributed by atoms with E-state index in [0.29, 0.717) is 24.5 Å². The standard InChI is InChI=1S/C10H13FO4S/c1-8-7-9(16(11,12)13)3-4-10(8)15-6-5-14-2/h3-4,7H,5-6H2,1-2H3. The van der Waals surface area contributed by atoms with E-state index in [9.17, 15) is 12.3 Å². The number of hydrogen-bond donors (Lipinski definition) is 0. The lowest BCUT2D eigenvalue weighted by atomic mass is 10.2. The summed E-state index contributed by atoms with van der Waals surface area (Å²) in [6, 6.07) is 3.83. The Morgan fingerprint density at radius 1 is 1.31 bits per heavy atom. The summed E-state index contributed by atoms with van der Waals surface area (Å²) >= 11 is 0. The van der Waals surface area contributed by atoms with Crippen molar-refractivity contribution in [2.24, 2.45) is 0 Å². The fraction of sp³-hybridized carbons (Fsp3) is 0.400. The van der Waals surface area contributed by atoms with Crippen LogP contribution in [0, 0.1) is 6.92 Å². The van der Waals surface area contributed by atoms with Crippen molar-refractivity contribution < 1.29 is 21.8 Å². The molecular weight excluding hydrogens is 235 g/mol. The van der Waals surface area contributed by atoms with Gasteiger partial charge in [-0.2, -0.15) is 8.42 Å². The van der Waals surface area contributed by atoms with Gasteiger partial charge in [0.05, 0.1) is 11.5 Å². The largest absolute Gasteiger partial charge is 0.491 e. The van der Waals surface area contributed by atoms with Crippen LogP contribution in [-0.2, 0) is 15.0 Å². The number of methoxy groups -OCH3 is 1. The van der Waals surface area contributed by atoms with Gasteiger partial charge in [0.2, 0.25) is 0 Å². The molecule has 0 aliphatic heterocycles. The molecule has 6 heteroatoms. The second-order valence-corrected chi connectivity index (χ2v) is 4.55. The molecule has 0 atom stereocenters. The van der Waals surface area contributed by atoms with Gasteiger partial charge in [0.15, 0.2) is 0 Å². The van der Waals surface area contributed by atoms with Crippen molar-refractivity contribution in [3.05, 3.63) is 23.8 Å². The Balaban J connectivity index is 2.84. The molecule has 0 aromatic heterocycles. The highest BCUT2D eigenvalue weighted by Gasteiger charge is 2.13. The third-order valence-corrected chi connectivity index (χ3v) is 2.79. The molecule has 0 N–H and O–H groups in total. The zero-order valence-electron chi connectivity index (χ0n) is 9.07. The molecule has 0 aliphatic rings. The van der Waals surface area contributed by atoms with Gasteiger partial charge in [0.25, 0.3) is 0 Å². The summed E-state index contributed by atoms with van der Waals surface area (Å²) in [7, 11) is -3.10. The van der Waals surface area contributed by atoms with E-state index in [1.165, 1.54) is 18.2 Å². The maximum atomic E-state index is 12.7. The highest BCUT2D eigenvalue weighted by molar-refractivity contribution is 7.86. The zero-order chi connectivity index (χ0) is 12.2. The van der Waals surface area contributed by atoms with Crippen LogP contribution in [0.5, 0.6) is 5.75 Å². The summed E-state index contributed by atoms with van der Waals surface area (Å²) in [5.74, 6) is 0.518. The van der Waals surface area contributed by atoms with Crippen molar-refractivity contribution in [1.82, 2.24) is 0 Å². The lowest BCUT2D eigenvalue weighted by Gasteiger charge is -2.08. The SMILES string of the molecule is COCCOc1ccc(S(=O)(=O)F)cc1C. The van der Waals surface area contributed by atoms with Gasteiger partial charge in [-0.25, -0.2) is 0 Å². The van der Waals surface area contributed by atoms with E-state index in [4.69, 9.17) is 9.47 Å². The fourth-order valence-corrected chi connectivity index (χ4v) is 1.72. The predicted molar refractivity (Wildman–Crippen MR) is 56.8 cm³/mol. The number of hydrogen-bond acceptors (Lipinski definition) is 4. The first-order chi connectivity index (χ1) is 7.45. The van der Waals surface area contributed by atoms with Crippen LogP contribution in [0.3, 0.4) is 0 Å². The summed E-state index contributed by atoms with van der Waals surface area (Å²) in [6.45, 7) is 2.44. The van der Waals surface area contributed by atoms with E-state index in [0.717, 1.165) is 0 Å². The molecule has 16 heavy (non-hydrogen) atoms. The van der Waals surface area contributed by atoms with E-state index >= 15 is 0 Å². The van der Waals surface area contributed by atoms with Gasteiger partial charge >= 0.3 is 10.2 Å². The number of rotatable bonds is 5. The molecule has 0 bridgehead atoms. The molecule has 0 spiro atoms. The summed E-state index contributed by atoms with van der Waals surface area (Å²) < 4.78 is 44.0. The first-order valence-electron chi connectivity index (χ1n) is 4.62. The maximum Gasteiger partial charge on any atom is 0.332 e. The fourth-order valence-electron chi connectivity index (χ4n) is 1.17. The Morgan fingerprint density at radius 2 is 2.00 bits per heavy atom. The van der Waals surface area contributed by atoms with E-state index in [2.05, 4.69) is 0 Å². The molecule has 0 fully saturated rings. The van der Waals surface area contributed by atoms with Gasteiger partial charge in [-0.3, -0.25) is 0 Å². The smallest absolute Gasteiger partial charge is 0.332 e. The van der Waals surface area contributed by atoms with Crippen LogP contribution in [0.4, 0.5) is 3.89 Å². The Bertz CT molecular complexity index is 456. The first kappa shape index (κ1) is 12.9. The first-order valence-corrected chi connectivity index (χ1v) is 6.00. The minimum Gasteiger partial charge on any atom is -0.491 e. The third kappa shape index (κ3) is 3.46. The molecule has 0 aliphatic carbocycles. The van der Waals surface area contributed by atoms with Crippen LogP contribution < -0.4 is 4.74 Å². The number of aryl methyl sites for hydroxylation is 1. The molecule has 4 nitrogen and oxygen atoms in total. The second-order valence-electron chi connectivity index (χ2n) is 3.21. The van der Waals surface area contributed by atoms with E-state index in [1.54, 1.807) is 14.0 Å². The van der Waals surface area contributed by atoms with Crippen LogP contribution in [0.25, 0.3) is 0 Å². The minimum atomic E-state index is -4.65. The molecule has 1 aromatic rings. The van der Waals surface area contributed by atoms with Gasteiger partial charge in [-0.15, -0.1) is 3.89 Å². The topological polar surface area (TPSA) is 52.6 Å². The van der Waals surface area contributed by atoms with Crippen molar-refractivity contribution in [3.63, 3.8) is 0 Å². The molecule has 1 aromatic carbocycles.